The van der Waals surface area contributed by atoms with E-state index in [9.17, 15) is 0 Å². The van der Waals surface area contributed by atoms with E-state index in [2.05, 4.69) is 102 Å². The van der Waals surface area contributed by atoms with Gasteiger partial charge in [0.25, 0.3) is 0 Å². The molecule has 0 nitrogen and oxygen atoms in total. The molecule has 0 saturated heterocycles. The van der Waals surface area contributed by atoms with Crippen LogP contribution in [0.1, 0.15) is 102 Å². The van der Waals surface area contributed by atoms with Gasteiger partial charge in [0.05, 0.1) is 0 Å². The van der Waals surface area contributed by atoms with Crippen molar-refractivity contribution in [2.75, 3.05) is 0 Å². The molecule has 1 aromatic rings. The van der Waals surface area contributed by atoms with Crippen LogP contribution in [-0.4, -0.2) is 0 Å². The Morgan fingerprint density at radius 1 is 0.577 bits per heavy atom. The average Bonchev–Trinajstić information content (AvgIpc) is 2.61. The first kappa shape index (κ1) is 25.2. The Labute approximate surface area is 195 Å². The van der Waals surface area contributed by atoms with Gasteiger partial charge in [0.15, 0.2) is 0 Å². The standard InChI is InChI=1S/C22H34Br4/c1-3-5-7-9-13-17-21(23,24)19-15-11-12-16-20(19)22(25,26)18-14-10-8-6-4-2/h11-12,15-16H,3-10,13-14,17-18H2,1-2H3. The van der Waals surface area contributed by atoms with Gasteiger partial charge in [0.1, 0.15) is 6.47 Å². The van der Waals surface area contributed by atoms with Crippen LogP contribution in [0.5, 0.6) is 0 Å². The number of halogens is 4. The molecular weight excluding hydrogens is 584 g/mol. The lowest BCUT2D eigenvalue weighted by Gasteiger charge is -2.30. The van der Waals surface area contributed by atoms with Crippen LogP contribution in [0, 0.1) is 0 Å². The number of unbranched alkanes of at least 4 members (excludes halogenated alkanes) is 8. The minimum Gasteiger partial charge on any atom is -0.0674 e. The van der Waals surface area contributed by atoms with Crippen molar-refractivity contribution in [1.82, 2.24) is 0 Å². The van der Waals surface area contributed by atoms with E-state index in [1.54, 1.807) is 0 Å². The summed E-state index contributed by atoms with van der Waals surface area (Å²) in [5.41, 5.74) is 2.66. The summed E-state index contributed by atoms with van der Waals surface area (Å²) in [6, 6.07) is 8.79. The summed E-state index contributed by atoms with van der Waals surface area (Å²) in [7, 11) is 0. The van der Waals surface area contributed by atoms with E-state index in [1.807, 2.05) is 0 Å². The van der Waals surface area contributed by atoms with Crippen LogP contribution >= 0.6 is 63.7 Å². The molecule has 150 valence electrons. The fraction of sp³-hybridized carbons (Fsp3) is 0.727. The number of alkyl halides is 4. The lowest BCUT2D eigenvalue weighted by molar-refractivity contribution is 0.585. The highest BCUT2D eigenvalue weighted by Gasteiger charge is 2.34. The van der Waals surface area contributed by atoms with E-state index in [-0.39, 0.29) is 6.47 Å². The predicted molar refractivity (Wildman–Crippen MR) is 132 cm³/mol. The molecule has 0 aliphatic rings. The summed E-state index contributed by atoms with van der Waals surface area (Å²) in [6.07, 6.45) is 15.2. The monoisotopic (exact) mass is 614 g/mol. The number of hydrogen-bond donors (Lipinski definition) is 0. The largest absolute Gasteiger partial charge is 0.106 e. The highest BCUT2D eigenvalue weighted by molar-refractivity contribution is 9.25. The third-order valence-electron chi connectivity index (χ3n) is 4.90. The SMILES string of the molecule is CCCCCCCC(Br)(Br)c1ccccc1C(Br)(Br)CCCCCCC. The zero-order chi connectivity index (χ0) is 19.5. The molecule has 0 saturated carbocycles. The minimum atomic E-state index is -0.155. The van der Waals surface area contributed by atoms with Gasteiger partial charge in [-0.2, -0.15) is 0 Å². The molecular formula is C22H34Br4. The van der Waals surface area contributed by atoms with Crippen LogP contribution in [0.25, 0.3) is 0 Å². The normalized spacial score (nSPS) is 12.5. The maximum absolute atomic E-state index is 3.98. The molecule has 0 spiro atoms. The first-order chi connectivity index (χ1) is 12.3. The van der Waals surface area contributed by atoms with Crippen LogP contribution in [0.15, 0.2) is 24.3 Å². The quantitative estimate of drug-likeness (QED) is 0.144. The topological polar surface area (TPSA) is 0 Å². The van der Waals surface area contributed by atoms with Gasteiger partial charge in [-0.3, -0.25) is 0 Å². The predicted octanol–water partition coefficient (Wildman–Crippen LogP) is 10.3. The Bertz CT molecular complexity index is 452. The molecule has 26 heavy (non-hydrogen) atoms. The zero-order valence-corrected chi connectivity index (χ0v) is 22.7. The third-order valence-corrected chi connectivity index (χ3v) is 8.20. The van der Waals surface area contributed by atoms with Gasteiger partial charge < -0.3 is 0 Å². The Balaban J connectivity index is 2.74. The summed E-state index contributed by atoms with van der Waals surface area (Å²) < 4.78 is -0.310. The molecule has 1 rings (SSSR count). The fourth-order valence-electron chi connectivity index (χ4n) is 3.29. The van der Waals surface area contributed by atoms with Crippen molar-refractivity contribution >= 4 is 63.7 Å². The molecule has 0 radical (unpaired) electrons. The highest BCUT2D eigenvalue weighted by atomic mass is 79.9. The fourth-order valence-corrected chi connectivity index (χ4v) is 5.80. The van der Waals surface area contributed by atoms with Gasteiger partial charge in [0.2, 0.25) is 0 Å². The summed E-state index contributed by atoms with van der Waals surface area (Å²) in [6.45, 7) is 4.53. The second-order valence-electron chi connectivity index (χ2n) is 7.28. The van der Waals surface area contributed by atoms with Crippen molar-refractivity contribution in [3.63, 3.8) is 0 Å². The molecule has 0 heterocycles. The Kier molecular flexibility index (Phi) is 13.0. The first-order valence-electron chi connectivity index (χ1n) is 10.2. The molecule has 0 aliphatic heterocycles. The van der Waals surface area contributed by atoms with Gasteiger partial charge in [-0.1, -0.05) is 166 Å². The maximum Gasteiger partial charge on any atom is 0.106 e. The van der Waals surface area contributed by atoms with Crippen molar-refractivity contribution < 1.29 is 0 Å². The van der Waals surface area contributed by atoms with E-state index in [1.165, 1.54) is 75.3 Å². The van der Waals surface area contributed by atoms with Crippen LogP contribution in [-0.2, 0) is 6.47 Å². The maximum atomic E-state index is 3.98. The van der Waals surface area contributed by atoms with Gasteiger partial charge >= 0.3 is 0 Å². The van der Waals surface area contributed by atoms with Crippen molar-refractivity contribution in [2.24, 2.45) is 0 Å². The van der Waals surface area contributed by atoms with Gasteiger partial charge in [0, 0.05) is 0 Å². The highest BCUT2D eigenvalue weighted by Crippen LogP contribution is 2.51. The molecule has 0 unspecified atom stereocenters. The minimum absolute atomic E-state index is 0.155. The molecule has 0 fully saturated rings. The molecule has 0 atom stereocenters. The zero-order valence-electron chi connectivity index (χ0n) is 16.3. The molecule has 0 aromatic heterocycles. The lowest BCUT2D eigenvalue weighted by atomic mass is 9.96. The molecule has 0 N–H and O–H groups in total. The molecule has 0 aliphatic carbocycles. The van der Waals surface area contributed by atoms with Crippen LogP contribution in [0.3, 0.4) is 0 Å². The van der Waals surface area contributed by atoms with Gasteiger partial charge in [-0.15, -0.1) is 0 Å². The van der Waals surface area contributed by atoms with Crippen molar-refractivity contribution in [3.05, 3.63) is 35.4 Å². The van der Waals surface area contributed by atoms with Gasteiger partial charge in [-0.05, 0) is 24.0 Å². The first-order valence-corrected chi connectivity index (χ1v) is 13.4. The van der Waals surface area contributed by atoms with E-state index in [0.717, 1.165) is 12.8 Å². The molecule has 4 heteroatoms. The van der Waals surface area contributed by atoms with E-state index >= 15 is 0 Å². The van der Waals surface area contributed by atoms with Crippen LogP contribution in [0.4, 0.5) is 0 Å². The number of rotatable bonds is 14. The Morgan fingerprint density at radius 2 is 0.923 bits per heavy atom. The van der Waals surface area contributed by atoms with Gasteiger partial charge in [-0.25, -0.2) is 0 Å². The van der Waals surface area contributed by atoms with E-state index in [4.69, 9.17) is 0 Å². The van der Waals surface area contributed by atoms with Crippen molar-refractivity contribution in [2.45, 2.75) is 97.4 Å². The lowest BCUT2D eigenvalue weighted by Crippen LogP contribution is -2.19. The van der Waals surface area contributed by atoms with Crippen LogP contribution in [0.2, 0.25) is 0 Å². The summed E-state index contributed by atoms with van der Waals surface area (Å²) >= 11 is 15.9. The summed E-state index contributed by atoms with van der Waals surface area (Å²) in [5, 5.41) is 0. The summed E-state index contributed by atoms with van der Waals surface area (Å²) in [5.74, 6) is 0. The Hall–Kier alpha value is 1.14. The Morgan fingerprint density at radius 3 is 1.27 bits per heavy atom. The molecule has 0 bridgehead atoms. The van der Waals surface area contributed by atoms with Crippen molar-refractivity contribution in [1.29, 1.82) is 0 Å². The second kappa shape index (κ2) is 13.4. The van der Waals surface area contributed by atoms with Crippen molar-refractivity contribution in [3.8, 4) is 0 Å². The number of hydrogen-bond acceptors (Lipinski definition) is 0. The number of benzene rings is 1. The van der Waals surface area contributed by atoms with Crippen LogP contribution < -0.4 is 0 Å². The second-order valence-corrected chi connectivity index (χ2v) is 14.8. The smallest absolute Gasteiger partial charge is 0.0674 e. The van der Waals surface area contributed by atoms with E-state index in [0.29, 0.717) is 0 Å². The summed E-state index contributed by atoms with van der Waals surface area (Å²) in [4.78, 5) is 0. The average molecular weight is 618 g/mol. The van der Waals surface area contributed by atoms with E-state index < -0.39 is 0 Å². The third kappa shape index (κ3) is 9.09. The molecule has 0 amide bonds. The molecule has 1 aromatic carbocycles.